The van der Waals surface area contributed by atoms with E-state index in [1.807, 2.05) is 18.2 Å². The molecule has 2 aromatic carbocycles. The van der Waals surface area contributed by atoms with E-state index >= 15 is 0 Å². The highest BCUT2D eigenvalue weighted by Gasteiger charge is 2.34. The summed E-state index contributed by atoms with van der Waals surface area (Å²) in [4.78, 5) is 25.8. The lowest BCUT2D eigenvalue weighted by atomic mass is 9.87. The summed E-state index contributed by atoms with van der Waals surface area (Å²) in [6.45, 7) is 6.72. The third-order valence-electron chi connectivity index (χ3n) is 4.25. The van der Waals surface area contributed by atoms with Gasteiger partial charge in [0.2, 0.25) is 0 Å². The highest BCUT2D eigenvalue weighted by atomic mass is 35.5. The molecule has 0 bridgehead atoms. The van der Waals surface area contributed by atoms with Crippen LogP contribution < -0.4 is 4.74 Å². The molecule has 25 heavy (non-hydrogen) atoms. The van der Waals surface area contributed by atoms with Crippen LogP contribution in [0.25, 0.3) is 0 Å². The minimum atomic E-state index is -0.279. The van der Waals surface area contributed by atoms with Gasteiger partial charge in [-0.15, -0.1) is 0 Å². The van der Waals surface area contributed by atoms with Crippen LogP contribution in [0.5, 0.6) is 5.75 Å². The molecule has 0 N–H and O–H groups in total. The number of ether oxygens (including phenoxy) is 1. The van der Waals surface area contributed by atoms with Gasteiger partial charge in [0.05, 0.1) is 22.7 Å². The lowest BCUT2D eigenvalue weighted by Gasteiger charge is -2.20. The Labute approximate surface area is 152 Å². The van der Waals surface area contributed by atoms with E-state index in [4.69, 9.17) is 16.3 Å². The molecule has 0 aromatic heterocycles. The van der Waals surface area contributed by atoms with Crippen LogP contribution in [0.1, 0.15) is 47.1 Å². The first-order valence-electron chi connectivity index (χ1n) is 8.17. The van der Waals surface area contributed by atoms with Gasteiger partial charge in [-0.05, 0) is 35.2 Å². The van der Waals surface area contributed by atoms with Crippen molar-refractivity contribution in [2.45, 2.75) is 26.2 Å². The van der Waals surface area contributed by atoms with Crippen molar-refractivity contribution in [3.63, 3.8) is 0 Å². The fourth-order valence-electron chi connectivity index (χ4n) is 2.77. The normalized spacial score (nSPS) is 14.0. The smallest absolute Gasteiger partial charge is 0.261 e. The van der Waals surface area contributed by atoms with Gasteiger partial charge in [0.15, 0.2) is 0 Å². The number of hydrogen-bond donors (Lipinski definition) is 0. The number of hydrogen-bond acceptors (Lipinski definition) is 3. The monoisotopic (exact) mass is 357 g/mol. The van der Waals surface area contributed by atoms with Crippen molar-refractivity contribution in [3.05, 3.63) is 64.2 Å². The first-order valence-corrected chi connectivity index (χ1v) is 8.55. The van der Waals surface area contributed by atoms with Crippen LogP contribution in [0.15, 0.2) is 42.5 Å². The lowest BCUT2D eigenvalue weighted by molar-refractivity contribution is 0.0631. The van der Waals surface area contributed by atoms with Gasteiger partial charge in [0.25, 0.3) is 11.8 Å². The average molecular weight is 358 g/mol. The first kappa shape index (κ1) is 17.5. The molecule has 5 heteroatoms. The van der Waals surface area contributed by atoms with E-state index in [9.17, 15) is 9.59 Å². The zero-order chi connectivity index (χ0) is 18.2. The van der Waals surface area contributed by atoms with Gasteiger partial charge in [-0.2, -0.15) is 0 Å². The number of carbonyl (C=O) groups is 2. The third-order valence-corrected chi connectivity index (χ3v) is 4.54. The summed E-state index contributed by atoms with van der Waals surface area (Å²) >= 11 is 6.29. The maximum absolute atomic E-state index is 12.3. The molecule has 130 valence electrons. The second-order valence-electron chi connectivity index (χ2n) is 7.05. The Morgan fingerprint density at radius 1 is 1.00 bits per heavy atom. The highest BCUT2D eigenvalue weighted by molar-refractivity contribution is 6.32. The number of imide groups is 1. The summed E-state index contributed by atoms with van der Waals surface area (Å²) < 4.78 is 5.68. The predicted octanol–water partition coefficient (Wildman–Crippen LogP) is 4.31. The van der Waals surface area contributed by atoms with Crippen molar-refractivity contribution in [1.82, 2.24) is 4.90 Å². The fraction of sp³-hybridized carbons (Fsp3) is 0.300. The second kappa shape index (κ2) is 6.52. The van der Waals surface area contributed by atoms with Crippen LogP contribution in [0.2, 0.25) is 5.02 Å². The highest BCUT2D eigenvalue weighted by Crippen LogP contribution is 2.31. The van der Waals surface area contributed by atoms with Crippen molar-refractivity contribution in [2.24, 2.45) is 0 Å². The number of amides is 2. The molecule has 0 fully saturated rings. The van der Waals surface area contributed by atoms with E-state index in [1.165, 1.54) is 4.90 Å². The quantitative estimate of drug-likeness (QED) is 0.766. The first-order chi connectivity index (χ1) is 11.8. The minimum absolute atomic E-state index is 0.00232. The summed E-state index contributed by atoms with van der Waals surface area (Å²) in [5.74, 6) is -0.0111. The molecular formula is C20H20ClNO3. The summed E-state index contributed by atoms with van der Waals surface area (Å²) in [7, 11) is 0. The van der Waals surface area contributed by atoms with Crippen LogP contribution in [0.3, 0.4) is 0 Å². The summed E-state index contributed by atoms with van der Waals surface area (Å²) in [6.07, 6.45) is 0. The largest absolute Gasteiger partial charge is 0.490 e. The van der Waals surface area contributed by atoms with Gasteiger partial charge in [-0.3, -0.25) is 14.5 Å². The van der Waals surface area contributed by atoms with Crippen LogP contribution >= 0.6 is 11.6 Å². The molecule has 1 aliphatic rings. The molecule has 2 amide bonds. The molecule has 0 spiro atoms. The molecule has 0 saturated carbocycles. The van der Waals surface area contributed by atoms with Crippen molar-refractivity contribution in [2.75, 3.05) is 13.2 Å². The van der Waals surface area contributed by atoms with Gasteiger partial charge >= 0.3 is 0 Å². The summed E-state index contributed by atoms with van der Waals surface area (Å²) in [6, 6.07) is 12.5. The molecule has 0 unspecified atom stereocenters. The minimum Gasteiger partial charge on any atom is -0.490 e. The van der Waals surface area contributed by atoms with E-state index in [2.05, 4.69) is 20.8 Å². The Bertz CT molecular complexity index is 804. The molecular weight excluding hydrogens is 338 g/mol. The van der Waals surface area contributed by atoms with E-state index in [0.29, 0.717) is 21.9 Å². The van der Waals surface area contributed by atoms with Crippen LogP contribution in [0, 0.1) is 0 Å². The lowest BCUT2D eigenvalue weighted by Crippen LogP contribution is -2.33. The van der Waals surface area contributed by atoms with Crippen molar-refractivity contribution in [1.29, 1.82) is 0 Å². The van der Waals surface area contributed by atoms with Gasteiger partial charge in [-0.25, -0.2) is 0 Å². The Hall–Kier alpha value is -2.33. The molecule has 1 heterocycles. The molecule has 0 atom stereocenters. The van der Waals surface area contributed by atoms with E-state index in [-0.39, 0.29) is 30.4 Å². The molecule has 0 aliphatic carbocycles. The average Bonchev–Trinajstić information content (AvgIpc) is 2.80. The number of halogens is 1. The Morgan fingerprint density at radius 3 is 2.12 bits per heavy atom. The number of carbonyl (C=O) groups excluding carboxylic acids is 2. The number of fused-ring (bicyclic) bond motifs is 1. The second-order valence-corrected chi connectivity index (χ2v) is 7.46. The molecule has 2 aromatic rings. The Balaban J connectivity index is 1.65. The standard InChI is InChI=1S/C20H20ClNO3/c1-20(2,3)13-8-9-17(16(21)12-13)25-11-10-22-18(23)14-6-4-5-7-15(14)19(22)24/h4-9,12H,10-11H2,1-3H3. The number of rotatable bonds is 4. The van der Waals surface area contributed by atoms with Crippen molar-refractivity contribution in [3.8, 4) is 5.75 Å². The Morgan fingerprint density at radius 2 is 1.60 bits per heavy atom. The number of nitrogens with zero attached hydrogens (tertiary/aromatic N) is 1. The van der Waals surface area contributed by atoms with Crippen LogP contribution in [-0.4, -0.2) is 29.9 Å². The Kier molecular flexibility index (Phi) is 4.56. The molecule has 0 saturated heterocycles. The van der Waals surface area contributed by atoms with Crippen LogP contribution in [0.4, 0.5) is 0 Å². The summed E-state index contributed by atoms with van der Waals surface area (Å²) in [5.41, 5.74) is 2.01. The van der Waals surface area contributed by atoms with Gasteiger partial charge in [-0.1, -0.05) is 50.6 Å². The van der Waals surface area contributed by atoms with Crippen molar-refractivity contribution >= 4 is 23.4 Å². The molecule has 3 rings (SSSR count). The molecule has 1 aliphatic heterocycles. The van der Waals surface area contributed by atoms with E-state index in [0.717, 1.165) is 5.56 Å². The topological polar surface area (TPSA) is 46.6 Å². The maximum atomic E-state index is 12.3. The van der Waals surface area contributed by atoms with Gasteiger partial charge in [0.1, 0.15) is 12.4 Å². The maximum Gasteiger partial charge on any atom is 0.261 e. The zero-order valence-corrected chi connectivity index (χ0v) is 15.3. The fourth-order valence-corrected chi connectivity index (χ4v) is 3.01. The van der Waals surface area contributed by atoms with E-state index < -0.39 is 0 Å². The molecule has 4 nitrogen and oxygen atoms in total. The van der Waals surface area contributed by atoms with Gasteiger partial charge < -0.3 is 4.74 Å². The zero-order valence-electron chi connectivity index (χ0n) is 14.5. The molecule has 0 radical (unpaired) electrons. The van der Waals surface area contributed by atoms with Crippen molar-refractivity contribution < 1.29 is 14.3 Å². The van der Waals surface area contributed by atoms with Gasteiger partial charge in [0, 0.05) is 0 Å². The third kappa shape index (κ3) is 3.40. The number of benzene rings is 2. The van der Waals surface area contributed by atoms with E-state index in [1.54, 1.807) is 24.3 Å². The predicted molar refractivity (Wildman–Crippen MR) is 97.5 cm³/mol. The SMILES string of the molecule is CC(C)(C)c1ccc(OCCN2C(=O)c3ccccc3C2=O)c(Cl)c1. The summed E-state index contributed by atoms with van der Waals surface area (Å²) in [5, 5.41) is 0.523. The van der Waals surface area contributed by atoms with Crippen LogP contribution in [-0.2, 0) is 5.41 Å².